The summed E-state index contributed by atoms with van der Waals surface area (Å²) in [6.45, 7) is 8.15. The van der Waals surface area contributed by atoms with E-state index < -0.39 is 0 Å². The topological polar surface area (TPSA) is 21.7 Å². The fourth-order valence-electron chi connectivity index (χ4n) is 2.70. The fourth-order valence-corrected chi connectivity index (χ4v) is 2.70. The van der Waals surface area contributed by atoms with Crippen molar-refractivity contribution in [1.29, 1.82) is 0 Å². The maximum atomic E-state index is 5.95. The Bertz CT molecular complexity index is 389. The van der Waals surface area contributed by atoms with Crippen LogP contribution in [-0.2, 0) is 11.2 Å². The lowest BCUT2D eigenvalue weighted by molar-refractivity contribution is 0.0374. The Hall–Kier alpha value is -1.06. The van der Waals surface area contributed by atoms with Crippen LogP contribution in [0.25, 0.3) is 0 Å². The van der Waals surface area contributed by atoms with E-state index in [9.17, 15) is 0 Å². The molecule has 1 fully saturated rings. The van der Waals surface area contributed by atoms with Crippen LogP contribution in [0.2, 0.25) is 0 Å². The summed E-state index contributed by atoms with van der Waals surface area (Å²) in [7, 11) is 0. The first-order valence-electron chi connectivity index (χ1n) is 8.41. The van der Waals surface area contributed by atoms with Gasteiger partial charge >= 0.3 is 0 Å². The molecule has 1 heterocycles. The minimum Gasteiger partial charge on any atom is -0.493 e. The third-order valence-corrected chi connectivity index (χ3v) is 4.00. The van der Waals surface area contributed by atoms with E-state index >= 15 is 0 Å². The Morgan fingerprint density at radius 3 is 2.71 bits per heavy atom. The summed E-state index contributed by atoms with van der Waals surface area (Å²) >= 11 is 0. The molecule has 0 aliphatic carbocycles. The normalized spacial score (nSPS) is 16.0. The van der Waals surface area contributed by atoms with Gasteiger partial charge in [-0.15, -0.1) is 0 Å². The summed E-state index contributed by atoms with van der Waals surface area (Å²) < 4.78 is 11.3. The lowest BCUT2D eigenvalue weighted by atomic mass is 10.1. The maximum Gasteiger partial charge on any atom is 0.122 e. The van der Waals surface area contributed by atoms with Crippen LogP contribution >= 0.6 is 0 Å². The number of aryl methyl sites for hydroxylation is 1. The molecule has 1 aromatic carbocycles. The first kappa shape index (κ1) is 16.3. The molecule has 118 valence electrons. The Morgan fingerprint density at radius 1 is 1.10 bits per heavy atom. The predicted molar refractivity (Wildman–Crippen MR) is 87.0 cm³/mol. The molecule has 0 radical (unpaired) electrons. The quantitative estimate of drug-likeness (QED) is 0.650. The van der Waals surface area contributed by atoms with Gasteiger partial charge in [0.15, 0.2) is 0 Å². The average molecular weight is 291 g/mol. The Kier molecular flexibility index (Phi) is 7.61. The smallest absolute Gasteiger partial charge is 0.122 e. The van der Waals surface area contributed by atoms with E-state index in [1.807, 2.05) is 0 Å². The molecule has 3 nitrogen and oxygen atoms in total. The molecule has 1 aliphatic heterocycles. The molecule has 0 aromatic heterocycles. The molecule has 0 unspecified atom stereocenters. The maximum absolute atomic E-state index is 5.95. The molecule has 0 atom stereocenters. The Morgan fingerprint density at radius 2 is 1.90 bits per heavy atom. The molecular weight excluding hydrogens is 262 g/mol. The van der Waals surface area contributed by atoms with Crippen LogP contribution in [0.4, 0.5) is 0 Å². The second kappa shape index (κ2) is 9.80. The number of hydrogen-bond donors (Lipinski definition) is 0. The lowest BCUT2D eigenvalue weighted by Gasteiger charge is -2.26. The first-order valence-corrected chi connectivity index (χ1v) is 8.41. The second-order valence-corrected chi connectivity index (χ2v) is 5.72. The van der Waals surface area contributed by atoms with Gasteiger partial charge in [-0.05, 0) is 37.4 Å². The summed E-state index contributed by atoms with van der Waals surface area (Å²) in [6.07, 6.45) is 5.93. The van der Waals surface area contributed by atoms with Crippen LogP contribution < -0.4 is 4.74 Å². The number of nitrogens with zero attached hydrogens (tertiary/aromatic N) is 1. The zero-order chi connectivity index (χ0) is 14.8. The van der Waals surface area contributed by atoms with E-state index in [-0.39, 0.29) is 0 Å². The predicted octanol–water partition coefficient (Wildman–Crippen LogP) is 3.52. The summed E-state index contributed by atoms with van der Waals surface area (Å²) in [5.74, 6) is 1.08. The van der Waals surface area contributed by atoms with Gasteiger partial charge in [0, 0.05) is 13.1 Å². The highest BCUT2D eigenvalue weighted by Crippen LogP contribution is 2.20. The van der Waals surface area contributed by atoms with Crippen molar-refractivity contribution in [3.63, 3.8) is 0 Å². The molecule has 0 amide bonds. The van der Waals surface area contributed by atoms with Crippen LogP contribution in [0, 0.1) is 0 Å². The minimum atomic E-state index is 0.842. The standard InChI is InChI=1S/C18H29NO2/c1-2-3-6-14-21-18-10-5-4-8-17(18)9-7-11-19-12-15-20-16-13-19/h4-5,8,10H,2-3,6-7,9,11-16H2,1H3. The molecule has 0 spiro atoms. The number of hydrogen-bond acceptors (Lipinski definition) is 3. The summed E-state index contributed by atoms with van der Waals surface area (Å²) in [6, 6.07) is 8.49. The van der Waals surface area contributed by atoms with E-state index in [0.717, 1.165) is 58.0 Å². The number of ether oxygens (including phenoxy) is 2. The van der Waals surface area contributed by atoms with E-state index in [2.05, 4.69) is 36.1 Å². The van der Waals surface area contributed by atoms with Crippen LogP contribution in [0.3, 0.4) is 0 Å². The monoisotopic (exact) mass is 291 g/mol. The average Bonchev–Trinajstić information content (AvgIpc) is 2.54. The number of rotatable bonds is 9. The number of morpholine rings is 1. The van der Waals surface area contributed by atoms with Crippen LogP contribution in [0.1, 0.15) is 38.2 Å². The van der Waals surface area contributed by atoms with Crippen molar-refractivity contribution < 1.29 is 9.47 Å². The summed E-state index contributed by atoms with van der Waals surface area (Å²) in [5.41, 5.74) is 1.35. The minimum absolute atomic E-state index is 0.842. The van der Waals surface area contributed by atoms with Gasteiger partial charge in [-0.3, -0.25) is 4.90 Å². The number of unbranched alkanes of at least 4 members (excludes halogenated alkanes) is 2. The van der Waals surface area contributed by atoms with Gasteiger partial charge in [0.25, 0.3) is 0 Å². The Balaban J connectivity index is 1.73. The zero-order valence-electron chi connectivity index (χ0n) is 13.4. The second-order valence-electron chi connectivity index (χ2n) is 5.72. The van der Waals surface area contributed by atoms with E-state index in [1.54, 1.807) is 0 Å². The van der Waals surface area contributed by atoms with E-state index in [0.29, 0.717) is 0 Å². The van der Waals surface area contributed by atoms with Crippen LogP contribution in [0.5, 0.6) is 5.75 Å². The lowest BCUT2D eigenvalue weighted by Crippen LogP contribution is -2.36. The molecule has 0 saturated carbocycles. The number of benzene rings is 1. The SMILES string of the molecule is CCCCCOc1ccccc1CCCN1CCOCC1. The van der Waals surface area contributed by atoms with Crippen molar-refractivity contribution in [3.8, 4) is 5.75 Å². The molecule has 3 heteroatoms. The van der Waals surface area contributed by atoms with Crippen LogP contribution in [-0.4, -0.2) is 44.4 Å². The molecule has 0 bridgehead atoms. The number of para-hydroxylation sites is 1. The van der Waals surface area contributed by atoms with Crippen molar-refractivity contribution in [1.82, 2.24) is 4.90 Å². The first-order chi connectivity index (χ1) is 10.4. The highest BCUT2D eigenvalue weighted by atomic mass is 16.5. The fraction of sp³-hybridized carbons (Fsp3) is 0.667. The zero-order valence-corrected chi connectivity index (χ0v) is 13.4. The van der Waals surface area contributed by atoms with Crippen molar-refractivity contribution >= 4 is 0 Å². The molecule has 2 rings (SSSR count). The van der Waals surface area contributed by atoms with Crippen LogP contribution in [0.15, 0.2) is 24.3 Å². The largest absolute Gasteiger partial charge is 0.493 e. The van der Waals surface area contributed by atoms with Crippen molar-refractivity contribution in [3.05, 3.63) is 29.8 Å². The highest BCUT2D eigenvalue weighted by molar-refractivity contribution is 5.33. The van der Waals surface area contributed by atoms with E-state index in [4.69, 9.17) is 9.47 Å². The molecule has 21 heavy (non-hydrogen) atoms. The highest BCUT2D eigenvalue weighted by Gasteiger charge is 2.10. The van der Waals surface area contributed by atoms with Crippen molar-refractivity contribution in [2.45, 2.75) is 39.0 Å². The van der Waals surface area contributed by atoms with Gasteiger partial charge in [0.2, 0.25) is 0 Å². The van der Waals surface area contributed by atoms with E-state index in [1.165, 1.54) is 24.8 Å². The van der Waals surface area contributed by atoms with Gasteiger partial charge in [-0.25, -0.2) is 0 Å². The van der Waals surface area contributed by atoms with Gasteiger partial charge < -0.3 is 9.47 Å². The third kappa shape index (κ3) is 6.06. The molecule has 1 aliphatic rings. The molecule has 1 saturated heterocycles. The van der Waals surface area contributed by atoms with Gasteiger partial charge in [0.1, 0.15) is 5.75 Å². The van der Waals surface area contributed by atoms with Crippen molar-refractivity contribution in [2.75, 3.05) is 39.5 Å². The third-order valence-electron chi connectivity index (χ3n) is 4.00. The van der Waals surface area contributed by atoms with Gasteiger partial charge in [0.05, 0.1) is 19.8 Å². The molecule has 1 aromatic rings. The molecule has 0 N–H and O–H groups in total. The summed E-state index contributed by atoms with van der Waals surface area (Å²) in [5, 5.41) is 0. The van der Waals surface area contributed by atoms with Crippen molar-refractivity contribution in [2.24, 2.45) is 0 Å². The Labute approximate surface area is 129 Å². The summed E-state index contributed by atoms with van der Waals surface area (Å²) in [4.78, 5) is 2.49. The van der Waals surface area contributed by atoms with Gasteiger partial charge in [-0.1, -0.05) is 38.0 Å². The molecular formula is C18H29NO2. The van der Waals surface area contributed by atoms with Gasteiger partial charge in [-0.2, -0.15) is 0 Å².